The zero-order chi connectivity index (χ0) is 14.6. The number of nitrogens with two attached hydrogens (primary N) is 1. The topological polar surface area (TPSA) is 46.3 Å². The Morgan fingerprint density at radius 2 is 1.89 bits per heavy atom. The van der Waals surface area contributed by atoms with Crippen LogP contribution in [0.15, 0.2) is 30.3 Å². The number of benzene rings is 1. The van der Waals surface area contributed by atoms with E-state index in [0.717, 1.165) is 5.56 Å². The number of nitrogens with zero attached hydrogens (tertiary/aromatic N) is 1. The first-order chi connectivity index (χ1) is 8.76. The lowest BCUT2D eigenvalue weighted by atomic mass is 9.83. The Morgan fingerprint density at radius 1 is 1.37 bits per heavy atom. The average Bonchev–Trinajstić information content (AvgIpc) is 2.37. The Morgan fingerprint density at radius 3 is 2.37 bits per heavy atom. The van der Waals surface area contributed by atoms with Crippen molar-refractivity contribution in [3.63, 3.8) is 0 Å². The van der Waals surface area contributed by atoms with Crippen molar-refractivity contribution in [1.29, 1.82) is 0 Å². The van der Waals surface area contributed by atoms with E-state index in [1.165, 1.54) is 0 Å². The van der Waals surface area contributed by atoms with Gasteiger partial charge in [-0.3, -0.25) is 4.79 Å². The molecule has 1 amide bonds. The molecule has 0 aliphatic heterocycles. The van der Waals surface area contributed by atoms with Crippen molar-refractivity contribution < 1.29 is 4.79 Å². The van der Waals surface area contributed by atoms with Crippen molar-refractivity contribution >= 4 is 23.1 Å². The van der Waals surface area contributed by atoms with Gasteiger partial charge in [0.2, 0.25) is 5.91 Å². The molecule has 0 heterocycles. The molecule has 3 nitrogen and oxygen atoms in total. The molecule has 0 spiro atoms. The lowest BCUT2D eigenvalue weighted by molar-refractivity contribution is -0.136. The fourth-order valence-electron chi connectivity index (χ4n) is 2.05. The minimum absolute atomic E-state index is 0.00740. The van der Waals surface area contributed by atoms with Crippen LogP contribution in [0.2, 0.25) is 0 Å². The summed E-state index contributed by atoms with van der Waals surface area (Å²) in [7, 11) is 1.80. The molecule has 0 bridgehead atoms. The molecular weight excluding hydrogens is 256 g/mol. The first-order valence-corrected chi connectivity index (χ1v) is 6.78. The van der Waals surface area contributed by atoms with Crippen LogP contribution in [0, 0.1) is 0 Å². The van der Waals surface area contributed by atoms with Gasteiger partial charge in [0.15, 0.2) is 0 Å². The number of hydrogen-bond donors (Lipinski definition) is 1. The molecule has 1 unspecified atom stereocenters. The number of carbonyl (C=O) groups is 1. The first kappa shape index (κ1) is 15.6. The van der Waals surface area contributed by atoms with E-state index in [-0.39, 0.29) is 11.9 Å². The van der Waals surface area contributed by atoms with Gasteiger partial charge in [0, 0.05) is 19.5 Å². The van der Waals surface area contributed by atoms with Crippen molar-refractivity contribution in [3.05, 3.63) is 35.9 Å². The van der Waals surface area contributed by atoms with Crippen molar-refractivity contribution in [2.24, 2.45) is 5.73 Å². The predicted octanol–water partition coefficient (Wildman–Crippen LogP) is 2.49. The highest BCUT2D eigenvalue weighted by molar-refractivity contribution is 7.80. The van der Waals surface area contributed by atoms with Gasteiger partial charge in [0.05, 0.1) is 10.4 Å². The van der Waals surface area contributed by atoms with Gasteiger partial charge in [0.25, 0.3) is 0 Å². The molecule has 2 N–H and O–H groups in total. The number of amides is 1. The maximum absolute atomic E-state index is 12.6. The molecule has 0 aliphatic rings. The van der Waals surface area contributed by atoms with Gasteiger partial charge < -0.3 is 10.6 Å². The van der Waals surface area contributed by atoms with Gasteiger partial charge >= 0.3 is 0 Å². The molecule has 4 heteroatoms. The quantitative estimate of drug-likeness (QED) is 0.842. The minimum atomic E-state index is -0.555. The zero-order valence-corrected chi connectivity index (χ0v) is 12.8. The SMILES string of the molecule is CC(CC(N)=S)N(C)C(=O)C(C)(C)c1ccccc1. The molecule has 0 fully saturated rings. The molecule has 19 heavy (non-hydrogen) atoms. The highest BCUT2D eigenvalue weighted by Crippen LogP contribution is 2.26. The molecule has 1 rings (SSSR count). The monoisotopic (exact) mass is 278 g/mol. The standard InChI is InChI=1S/C15H22N2OS/c1-11(10-13(16)19)17(4)14(18)15(2,3)12-8-6-5-7-9-12/h5-9,11H,10H2,1-4H3,(H2,16,19). The van der Waals surface area contributed by atoms with E-state index in [1.54, 1.807) is 11.9 Å². The summed E-state index contributed by atoms with van der Waals surface area (Å²) in [5.74, 6) is 0.0717. The third-order valence-corrected chi connectivity index (χ3v) is 3.67. The third kappa shape index (κ3) is 3.77. The highest BCUT2D eigenvalue weighted by atomic mass is 32.1. The number of likely N-dealkylation sites (N-methyl/N-ethyl adjacent to an activating group) is 1. The van der Waals surface area contributed by atoms with E-state index >= 15 is 0 Å². The van der Waals surface area contributed by atoms with Crippen LogP contribution in [0.4, 0.5) is 0 Å². The maximum Gasteiger partial charge on any atom is 0.232 e. The minimum Gasteiger partial charge on any atom is -0.393 e. The molecule has 0 aromatic heterocycles. The van der Waals surface area contributed by atoms with Gasteiger partial charge in [-0.05, 0) is 26.3 Å². The molecule has 1 aromatic rings. The fraction of sp³-hybridized carbons (Fsp3) is 0.467. The third-order valence-electron chi connectivity index (χ3n) is 3.51. The van der Waals surface area contributed by atoms with E-state index in [9.17, 15) is 4.79 Å². The van der Waals surface area contributed by atoms with Crippen LogP contribution in [0.5, 0.6) is 0 Å². The van der Waals surface area contributed by atoms with Gasteiger partial charge in [-0.25, -0.2) is 0 Å². The second kappa shape index (κ2) is 6.15. The lowest BCUT2D eigenvalue weighted by Crippen LogP contribution is -2.46. The molecule has 0 saturated heterocycles. The largest absolute Gasteiger partial charge is 0.393 e. The summed E-state index contributed by atoms with van der Waals surface area (Å²) in [6, 6.07) is 9.80. The van der Waals surface area contributed by atoms with Crippen molar-refractivity contribution in [3.8, 4) is 0 Å². The first-order valence-electron chi connectivity index (χ1n) is 6.38. The van der Waals surface area contributed by atoms with Gasteiger partial charge in [-0.15, -0.1) is 0 Å². The summed E-state index contributed by atoms with van der Waals surface area (Å²) in [6.45, 7) is 5.83. The normalized spacial score (nSPS) is 12.8. The molecule has 1 atom stereocenters. The summed E-state index contributed by atoms with van der Waals surface area (Å²) >= 11 is 4.90. The smallest absolute Gasteiger partial charge is 0.232 e. The van der Waals surface area contributed by atoms with Gasteiger partial charge in [-0.1, -0.05) is 42.5 Å². The Bertz CT molecular complexity index is 456. The molecular formula is C15H22N2OS. The van der Waals surface area contributed by atoms with Crippen LogP contribution in [0.25, 0.3) is 0 Å². The van der Waals surface area contributed by atoms with Gasteiger partial charge in [-0.2, -0.15) is 0 Å². The molecule has 0 saturated carbocycles. The summed E-state index contributed by atoms with van der Waals surface area (Å²) in [6.07, 6.45) is 0.544. The predicted molar refractivity (Wildman–Crippen MR) is 83.1 cm³/mol. The zero-order valence-electron chi connectivity index (χ0n) is 12.0. The van der Waals surface area contributed by atoms with E-state index in [1.807, 2.05) is 51.1 Å². The Hall–Kier alpha value is -1.42. The second-order valence-electron chi connectivity index (χ2n) is 5.43. The van der Waals surface area contributed by atoms with Crippen LogP contribution in [-0.2, 0) is 10.2 Å². The molecule has 104 valence electrons. The molecule has 1 aromatic carbocycles. The molecule has 0 aliphatic carbocycles. The lowest BCUT2D eigenvalue weighted by Gasteiger charge is -2.33. The maximum atomic E-state index is 12.6. The second-order valence-corrected chi connectivity index (χ2v) is 5.95. The van der Waals surface area contributed by atoms with E-state index in [0.29, 0.717) is 11.4 Å². The van der Waals surface area contributed by atoms with Crippen molar-refractivity contribution in [1.82, 2.24) is 4.90 Å². The van der Waals surface area contributed by atoms with Crippen LogP contribution in [0.3, 0.4) is 0 Å². The Kier molecular flexibility index (Phi) is 5.06. The van der Waals surface area contributed by atoms with Crippen LogP contribution in [-0.4, -0.2) is 28.9 Å². The van der Waals surface area contributed by atoms with Crippen LogP contribution in [0.1, 0.15) is 32.8 Å². The van der Waals surface area contributed by atoms with Crippen LogP contribution >= 0.6 is 12.2 Å². The Balaban J connectivity index is 2.89. The van der Waals surface area contributed by atoms with Crippen LogP contribution < -0.4 is 5.73 Å². The Labute approximate surface area is 120 Å². The number of carbonyl (C=O) groups excluding carboxylic acids is 1. The number of thiocarbonyl (C=S) groups is 1. The van der Waals surface area contributed by atoms with E-state index < -0.39 is 5.41 Å². The summed E-state index contributed by atoms with van der Waals surface area (Å²) in [4.78, 5) is 14.8. The number of rotatable bonds is 5. The van der Waals surface area contributed by atoms with Gasteiger partial charge in [0.1, 0.15) is 0 Å². The molecule has 0 radical (unpaired) electrons. The van der Waals surface area contributed by atoms with E-state index in [2.05, 4.69) is 0 Å². The summed E-state index contributed by atoms with van der Waals surface area (Å²) < 4.78 is 0. The van der Waals surface area contributed by atoms with Crippen molar-refractivity contribution in [2.75, 3.05) is 7.05 Å². The highest BCUT2D eigenvalue weighted by Gasteiger charge is 2.33. The van der Waals surface area contributed by atoms with E-state index in [4.69, 9.17) is 18.0 Å². The van der Waals surface area contributed by atoms with Crippen molar-refractivity contribution in [2.45, 2.75) is 38.6 Å². The fourth-order valence-corrected chi connectivity index (χ4v) is 2.29. The summed E-state index contributed by atoms with van der Waals surface area (Å²) in [5, 5.41) is 0. The average molecular weight is 278 g/mol. The summed E-state index contributed by atoms with van der Waals surface area (Å²) in [5.41, 5.74) is 6.00. The number of hydrogen-bond acceptors (Lipinski definition) is 2.